The fourth-order valence-corrected chi connectivity index (χ4v) is 5.78. The second kappa shape index (κ2) is 6.78. The number of ether oxygens (including phenoxy) is 1. The highest BCUT2D eigenvalue weighted by atomic mass is 127. The van der Waals surface area contributed by atoms with E-state index in [2.05, 4.69) is 27.9 Å². The molecule has 1 amide bonds. The van der Waals surface area contributed by atoms with Gasteiger partial charge < -0.3 is 14.5 Å². The molecule has 1 aromatic rings. The van der Waals surface area contributed by atoms with Crippen LogP contribution < -0.4 is 5.32 Å². The molecule has 4 bridgehead atoms. The van der Waals surface area contributed by atoms with Crippen LogP contribution in [0, 0.1) is 21.5 Å². The number of amides is 1. The summed E-state index contributed by atoms with van der Waals surface area (Å²) in [4.78, 5) is 24.0. The zero-order valence-corrected chi connectivity index (χ0v) is 16.2. The molecule has 1 aromatic heterocycles. The Labute approximate surface area is 160 Å². The number of nitrogens with one attached hydrogen (secondary N) is 1. The number of carbonyl (C=O) groups excluding carboxylic acids is 2. The molecule has 25 heavy (non-hydrogen) atoms. The molecule has 0 saturated heterocycles. The highest BCUT2D eigenvalue weighted by molar-refractivity contribution is 14.1. The standard InChI is InChI=1S/C19H22INO4/c20-16-3-1-15(25-16)2-4-18(23)24-11-17(22)21-19-8-12-5-13(9-19)7-14(6-12)10-19/h1-4,12-14H,5-11H2,(H,21,22). The molecule has 0 aliphatic heterocycles. The van der Waals surface area contributed by atoms with Crippen molar-refractivity contribution < 1.29 is 18.7 Å². The number of hydrogen-bond donors (Lipinski definition) is 1. The van der Waals surface area contributed by atoms with Gasteiger partial charge in [-0.1, -0.05) is 0 Å². The van der Waals surface area contributed by atoms with Gasteiger partial charge in [0.15, 0.2) is 10.4 Å². The minimum atomic E-state index is -0.535. The smallest absolute Gasteiger partial charge is 0.331 e. The van der Waals surface area contributed by atoms with Crippen LogP contribution in [0.2, 0.25) is 0 Å². The van der Waals surface area contributed by atoms with E-state index in [1.54, 1.807) is 12.1 Å². The average Bonchev–Trinajstić information content (AvgIpc) is 2.94. The largest absolute Gasteiger partial charge is 0.452 e. The van der Waals surface area contributed by atoms with Gasteiger partial charge in [-0.25, -0.2) is 4.79 Å². The average molecular weight is 455 g/mol. The molecule has 4 aliphatic rings. The van der Waals surface area contributed by atoms with Crippen LogP contribution in [0.5, 0.6) is 0 Å². The number of halogens is 1. The van der Waals surface area contributed by atoms with Gasteiger partial charge in [-0.15, -0.1) is 0 Å². The van der Waals surface area contributed by atoms with Gasteiger partial charge in [-0.2, -0.15) is 0 Å². The second-order valence-electron chi connectivity index (χ2n) is 7.83. The first-order valence-electron chi connectivity index (χ1n) is 8.91. The van der Waals surface area contributed by atoms with Crippen LogP contribution in [0.25, 0.3) is 6.08 Å². The van der Waals surface area contributed by atoms with Crippen molar-refractivity contribution in [3.8, 4) is 0 Å². The molecule has 5 rings (SSSR count). The Morgan fingerprint density at radius 2 is 1.84 bits per heavy atom. The van der Waals surface area contributed by atoms with Crippen molar-refractivity contribution in [1.82, 2.24) is 5.32 Å². The fourth-order valence-electron chi connectivity index (χ4n) is 5.35. The van der Waals surface area contributed by atoms with Crippen LogP contribution in [0.15, 0.2) is 22.6 Å². The van der Waals surface area contributed by atoms with Gasteiger partial charge >= 0.3 is 5.97 Å². The van der Waals surface area contributed by atoms with E-state index in [4.69, 9.17) is 9.15 Å². The molecule has 0 spiro atoms. The monoisotopic (exact) mass is 455 g/mol. The summed E-state index contributed by atoms with van der Waals surface area (Å²) in [6, 6.07) is 3.58. The Balaban J connectivity index is 1.26. The molecule has 4 aliphatic carbocycles. The molecule has 4 saturated carbocycles. The second-order valence-corrected chi connectivity index (χ2v) is 8.89. The summed E-state index contributed by atoms with van der Waals surface area (Å²) in [5.74, 6) is 2.18. The van der Waals surface area contributed by atoms with Crippen LogP contribution in [-0.4, -0.2) is 24.0 Å². The third-order valence-electron chi connectivity index (χ3n) is 5.77. The number of furan rings is 1. The van der Waals surface area contributed by atoms with E-state index in [1.165, 1.54) is 25.3 Å². The molecule has 134 valence electrons. The van der Waals surface area contributed by atoms with Gasteiger partial charge in [0.1, 0.15) is 5.76 Å². The lowest BCUT2D eigenvalue weighted by Crippen LogP contribution is -2.60. The summed E-state index contributed by atoms with van der Waals surface area (Å²) < 4.78 is 11.1. The molecule has 1 heterocycles. The predicted octanol–water partition coefficient (Wildman–Crippen LogP) is 3.53. The van der Waals surface area contributed by atoms with Gasteiger partial charge in [0.2, 0.25) is 0 Å². The molecule has 0 atom stereocenters. The van der Waals surface area contributed by atoms with Gasteiger partial charge in [0.05, 0.1) is 0 Å². The summed E-state index contributed by atoms with van der Waals surface area (Å²) in [5.41, 5.74) is -0.0427. The van der Waals surface area contributed by atoms with E-state index >= 15 is 0 Å². The normalized spacial score (nSPS) is 32.9. The quantitative estimate of drug-likeness (QED) is 0.419. The van der Waals surface area contributed by atoms with Gasteiger partial charge in [-0.05, 0) is 97.1 Å². The first-order valence-corrected chi connectivity index (χ1v) is 9.99. The Kier molecular flexibility index (Phi) is 4.64. The van der Waals surface area contributed by atoms with Crippen molar-refractivity contribution >= 4 is 40.5 Å². The lowest BCUT2D eigenvalue weighted by molar-refractivity contribution is -0.145. The molecular formula is C19H22INO4. The van der Waals surface area contributed by atoms with Gasteiger partial charge in [0, 0.05) is 11.6 Å². The number of hydrogen-bond acceptors (Lipinski definition) is 4. The summed E-state index contributed by atoms with van der Waals surface area (Å²) in [6.07, 6.45) is 10.1. The van der Waals surface area contributed by atoms with E-state index in [0.717, 1.165) is 40.8 Å². The molecular weight excluding hydrogens is 433 g/mol. The molecule has 5 nitrogen and oxygen atoms in total. The Morgan fingerprint density at radius 3 is 2.40 bits per heavy atom. The molecule has 6 heteroatoms. The Morgan fingerprint density at radius 1 is 1.20 bits per heavy atom. The first kappa shape index (κ1) is 17.1. The summed E-state index contributed by atoms with van der Waals surface area (Å²) >= 11 is 2.05. The first-order chi connectivity index (χ1) is 12.0. The zero-order valence-electron chi connectivity index (χ0n) is 14.0. The molecule has 1 N–H and O–H groups in total. The highest BCUT2D eigenvalue weighted by Crippen LogP contribution is 2.55. The summed E-state index contributed by atoms with van der Waals surface area (Å²) in [5, 5.41) is 3.20. The minimum Gasteiger partial charge on any atom is -0.452 e. The molecule has 0 radical (unpaired) electrons. The number of carbonyl (C=O) groups is 2. The Hall–Kier alpha value is -1.31. The van der Waals surface area contributed by atoms with Gasteiger partial charge in [-0.3, -0.25) is 4.79 Å². The van der Waals surface area contributed by atoms with Crippen molar-refractivity contribution in [3.05, 3.63) is 27.7 Å². The summed E-state index contributed by atoms with van der Waals surface area (Å²) in [6.45, 7) is -0.222. The molecule has 0 aromatic carbocycles. The predicted molar refractivity (Wildman–Crippen MR) is 100 cm³/mol. The van der Waals surface area contributed by atoms with E-state index in [1.807, 2.05) is 6.07 Å². The van der Waals surface area contributed by atoms with Crippen LogP contribution in [-0.2, 0) is 14.3 Å². The number of esters is 1. The van der Waals surface area contributed by atoms with E-state index in [9.17, 15) is 9.59 Å². The number of rotatable bonds is 5. The van der Waals surface area contributed by atoms with E-state index < -0.39 is 5.97 Å². The van der Waals surface area contributed by atoms with Crippen LogP contribution >= 0.6 is 22.6 Å². The third-order valence-corrected chi connectivity index (χ3v) is 6.35. The maximum absolute atomic E-state index is 12.3. The Bertz CT molecular complexity index is 673. The minimum absolute atomic E-state index is 0.0427. The van der Waals surface area contributed by atoms with Crippen molar-refractivity contribution in [2.24, 2.45) is 17.8 Å². The topological polar surface area (TPSA) is 68.5 Å². The van der Waals surface area contributed by atoms with E-state index in [0.29, 0.717) is 5.76 Å². The summed E-state index contributed by atoms with van der Waals surface area (Å²) in [7, 11) is 0. The van der Waals surface area contributed by atoms with Crippen molar-refractivity contribution in [2.75, 3.05) is 6.61 Å². The van der Waals surface area contributed by atoms with Crippen LogP contribution in [0.1, 0.15) is 44.3 Å². The maximum Gasteiger partial charge on any atom is 0.331 e. The maximum atomic E-state index is 12.3. The highest BCUT2D eigenvalue weighted by Gasteiger charge is 2.51. The lowest BCUT2D eigenvalue weighted by Gasteiger charge is -2.56. The third kappa shape index (κ3) is 3.93. The van der Waals surface area contributed by atoms with E-state index in [-0.39, 0.29) is 18.1 Å². The molecule has 0 unspecified atom stereocenters. The molecule has 4 fully saturated rings. The van der Waals surface area contributed by atoms with Crippen molar-refractivity contribution in [3.63, 3.8) is 0 Å². The lowest BCUT2D eigenvalue weighted by atomic mass is 9.53. The van der Waals surface area contributed by atoms with Crippen LogP contribution in [0.4, 0.5) is 0 Å². The van der Waals surface area contributed by atoms with Gasteiger partial charge in [0.25, 0.3) is 5.91 Å². The SMILES string of the molecule is O=C(COC(=O)C=Cc1ccc(I)o1)NC12CC3CC(CC(C3)C1)C2. The zero-order chi connectivity index (χ0) is 17.4. The van der Waals surface area contributed by atoms with Crippen LogP contribution in [0.3, 0.4) is 0 Å². The van der Waals surface area contributed by atoms with Crippen molar-refractivity contribution in [1.29, 1.82) is 0 Å². The van der Waals surface area contributed by atoms with Crippen molar-refractivity contribution in [2.45, 2.75) is 44.1 Å². The fraction of sp³-hybridized carbons (Fsp3) is 0.579.